The minimum atomic E-state index is -0.285. The molecule has 0 aliphatic carbocycles. The van der Waals surface area contributed by atoms with Crippen molar-refractivity contribution in [1.29, 1.82) is 0 Å². The third kappa shape index (κ3) is 5.51. The van der Waals surface area contributed by atoms with Crippen molar-refractivity contribution < 1.29 is 9.53 Å². The highest BCUT2D eigenvalue weighted by Crippen LogP contribution is 2.14. The summed E-state index contributed by atoms with van der Waals surface area (Å²) in [5.74, 6) is 0.206. The Kier molecular flexibility index (Phi) is 7.14. The van der Waals surface area contributed by atoms with E-state index in [0.29, 0.717) is 43.0 Å². The quantitative estimate of drug-likeness (QED) is 0.567. The van der Waals surface area contributed by atoms with Crippen LogP contribution in [0.15, 0.2) is 59.4 Å². The first-order valence-corrected chi connectivity index (χ1v) is 9.96. The van der Waals surface area contributed by atoms with E-state index in [1.807, 2.05) is 36.4 Å². The molecule has 0 saturated carbocycles. The zero-order valence-electron chi connectivity index (χ0n) is 16.9. The van der Waals surface area contributed by atoms with Crippen molar-refractivity contribution in [2.45, 2.75) is 26.8 Å². The van der Waals surface area contributed by atoms with Crippen LogP contribution in [0.5, 0.6) is 0 Å². The van der Waals surface area contributed by atoms with Gasteiger partial charge in [-0.05, 0) is 24.0 Å². The Morgan fingerprint density at radius 2 is 1.76 bits per heavy atom. The Morgan fingerprint density at radius 1 is 1.07 bits per heavy atom. The largest absolute Gasteiger partial charge is 0.381 e. The number of hydrogen-bond donors (Lipinski definition) is 1. The van der Waals surface area contributed by atoms with Gasteiger partial charge in [-0.15, -0.1) is 0 Å². The lowest BCUT2D eigenvalue weighted by Gasteiger charge is -2.12. The fraction of sp³-hybridized carbons (Fsp3) is 0.348. The van der Waals surface area contributed by atoms with Crippen molar-refractivity contribution in [3.05, 3.63) is 76.2 Å². The van der Waals surface area contributed by atoms with E-state index >= 15 is 0 Å². The highest BCUT2D eigenvalue weighted by Gasteiger charge is 2.16. The lowest BCUT2D eigenvalue weighted by molar-refractivity contribution is 0.0920. The number of carbonyl (C=O) groups is 1. The zero-order chi connectivity index (χ0) is 20.6. The van der Waals surface area contributed by atoms with Crippen LogP contribution in [0.25, 0.3) is 10.8 Å². The Balaban J connectivity index is 1.78. The summed E-state index contributed by atoms with van der Waals surface area (Å²) in [7, 11) is 0. The lowest BCUT2D eigenvalue weighted by Crippen LogP contribution is -2.31. The first-order valence-electron chi connectivity index (χ1n) is 9.96. The third-order valence-corrected chi connectivity index (χ3v) is 4.46. The summed E-state index contributed by atoms with van der Waals surface area (Å²) in [5.41, 5.74) is 1.01. The molecule has 152 valence electrons. The highest BCUT2D eigenvalue weighted by atomic mass is 16.5. The van der Waals surface area contributed by atoms with Crippen LogP contribution >= 0.6 is 0 Å². The van der Waals surface area contributed by atoms with Crippen molar-refractivity contribution in [3.63, 3.8) is 0 Å². The summed E-state index contributed by atoms with van der Waals surface area (Å²) in [6.45, 7) is 6.31. The molecule has 6 heteroatoms. The molecule has 2 aromatic carbocycles. The molecule has 0 radical (unpaired) electrons. The number of fused-ring (bicyclic) bond motifs is 1. The summed E-state index contributed by atoms with van der Waals surface area (Å²) < 4.78 is 6.90. The number of hydrogen-bond acceptors (Lipinski definition) is 4. The molecule has 0 aliphatic heterocycles. The van der Waals surface area contributed by atoms with E-state index in [-0.39, 0.29) is 17.2 Å². The molecule has 6 nitrogen and oxygen atoms in total. The number of amides is 1. The molecule has 1 heterocycles. The molecular weight excluding hydrogens is 366 g/mol. The fourth-order valence-corrected chi connectivity index (χ4v) is 3.05. The van der Waals surface area contributed by atoms with E-state index < -0.39 is 0 Å². The van der Waals surface area contributed by atoms with Crippen LogP contribution < -0.4 is 10.9 Å². The van der Waals surface area contributed by atoms with Crippen LogP contribution in [-0.2, 0) is 11.3 Å². The van der Waals surface area contributed by atoms with E-state index in [0.717, 1.165) is 12.0 Å². The minimum Gasteiger partial charge on any atom is -0.381 e. The molecular formula is C23H27N3O3. The Morgan fingerprint density at radius 3 is 2.48 bits per heavy atom. The van der Waals surface area contributed by atoms with Crippen LogP contribution in [-0.4, -0.2) is 35.4 Å². The molecule has 1 aromatic heterocycles. The van der Waals surface area contributed by atoms with Gasteiger partial charge in [-0.2, -0.15) is 5.10 Å². The summed E-state index contributed by atoms with van der Waals surface area (Å²) in [5, 5.41) is 8.34. The molecule has 1 amide bonds. The van der Waals surface area contributed by atoms with Gasteiger partial charge in [-0.1, -0.05) is 62.4 Å². The Labute approximate surface area is 170 Å². The molecule has 0 bridgehead atoms. The highest BCUT2D eigenvalue weighted by molar-refractivity contribution is 6.04. The van der Waals surface area contributed by atoms with Gasteiger partial charge in [0.25, 0.3) is 11.5 Å². The Hall–Kier alpha value is -2.99. The van der Waals surface area contributed by atoms with Gasteiger partial charge < -0.3 is 10.1 Å². The molecule has 1 N–H and O–H groups in total. The maximum absolute atomic E-state index is 12.8. The van der Waals surface area contributed by atoms with Crippen LogP contribution in [0.2, 0.25) is 0 Å². The van der Waals surface area contributed by atoms with Gasteiger partial charge in [0.15, 0.2) is 5.69 Å². The maximum Gasteiger partial charge on any atom is 0.274 e. The molecule has 29 heavy (non-hydrogen) atoms. The van der Waals surface area contributed by atoms with Gasteiger partial charge in [0.05, 0.1) is 11.9 Å². The average Bonchev–Trinajstić information content (AvgIpc) is 2.73. The Bertz CT molecular complexity index is 1010. The summed E-state index contributed by atoms with van der Waals surface area (Å²) >= 11 is 0. The third-order valence-electron chi connectivity index (χ3n) is 4.46. The first-order chi connectivity index (χ1) is 14.1. The number of nitrogens with one attached hydrogen (secondary N) is 1. The van der Waals surface area contributed by atoms with Gasteiger partial charge in [-0.25, -0.2) is 4.68 Å². The number of nitrogens with zero attached hydrogens (tertiary/aromatic N) is 2. The maximum atomic E-state index is 12.8. The van der Waals surface area contributed by atoms with E-state index in [4.69, 9.17) is 4.74 Å². The topological polar surface area (TPSA) is 73.2 Å². The average molecular weight is 393 g/mol. The standard InChI is InChI=1S/C23H27N3O3/c1-17(2)16-29-14-8-13-24-22(27)21-19-11-6-7-12-20(19)23(28)26(25-21)15-18-9-4-3-5-10-18/h3-7,9-12,17H,8,13-16H2,1-2H3,(H,24,27). The van der Waals surface area contributed by atoms with E-state index in [2.05, 4.69) is 24.3 Å². The zero-order valence-corrected chi connectivity index (χ0v) is 16.9. The van der Waals surface area contributed by atoms with Gasteiger partial charge >= 0.3 is 0 Å². The van der Waals surface area contributed by atoms with Gasteiger partial charge in [0.1, 0.15) is 0 Å². The summed E-state index contributed by atoms with van der Waals surface area (Å²) in [6.07, 6.45) is 0.722. The van der Waals surface area contributed by atoms with Crippen LogP contribution in [0.3, 0.4) is 0 Å². The first kappa shape index (κ1) is 20.7. The number of aromatic nitrogens is 2. The van der Waals surface area contributed by atoms with Gasteiger partial charge in [0, 0.05) is 25.1 Å². The molecule has 3 aromatic rings. The normalized spacial score (nSPS) is 11.1. The predicted octanol–water partition coefficient (Wildman–Crippen LogP) is 3.24. The van der Waals surface area contributed by atoms with Crippen molar-refractivity contribution in [1.82, 2.24) is 15.1 Å². The molecule has 0 aliphatic rings. The van der Waals surface area contributed by atoms with Crippen LogP contribution in [0, 0.1) is 5.92 Å². The SMILES string of the molecule is CC(C)COCCCNC(=O)c1nn(Cc2ccccc2)c(=O)c2ccccc12. The van der Waals surface area contributed by atoms with Gasteiger partial charge in [-0.3, -0.25) is 9.59 Å². The van der Waals surface area contributed by atoms with Crippen molar-refractivity contribution >= 4 is 16.7 Å². The molecule has 0 spiro atoms. The molecule has 3 rings (SSSR count). The van der Waals surface area contributed by atoms with E-state index in [1.54, 1.807) is 18.2 Å². The number of ether oxygens (including phenoxy) is 1. The smallest absolute Gasteiger partial charge is 0.274 e. The monoisotopic (exact) mass is 393 g/mol. The second kappa shape index (κ2) is 9.98. The summed E-state index contributed by atoms with van der Waals surface area (Å²) in [4.78, 5) is 25.6. The van der Waals surface area contributed by atoms with Gasteiger partial charge in [0.2, 0.25) is 0 Å². The number of rotatable bonds is 9. The second-order valence-electron chi connectivity index (χ2n) is 7.42. The van der Waals surface area contributed by atoms with Crippen molar-refractivity contribution in [2.75, 3.05) is 19.8 Å². The fourth-order valence-electron chi connectivity index (χ4n) is 3.05. The summed E-state index contributed by atoms with van der Waals surface area (Å²) in [6, 6.07) is 16.7. The predicted molar refractivity (Wildman–Crippen MR) is 114 cm³/mol. The van der Waals surface area contributed by atoms with E-state index in [1.165, 1.54) is 4.68 Å². The molecule has 0 unspecified atom stereocenters. The second-order valence-corrected chi connectivity index (χ2v) is 7.42. The molecule has 0 saturated heterocycles. The number of benzene rings is 2. The van der Waals surface area contributed by atoms with Crippen molar-refractivity contribution in [2.24, 2.45) is 5.92 Å². The van der Waals surface area contributed by atoms with E-state index in [9.17, 15) is 9.59 Å². The van der Waals surface area contributed by atoms with Crippen LogP contribution in [0.1, 0.15) is 36.3 Å². The molecule has 0 atom stereocenters. The molecule has 0 fully saturated rings. The van der Waals surface area contributed by atoms with Crippen molar-refractivity contribution in [3.8, 4) is 0 Å². The number of carbonyl (C=O) groups excluding carboxylic acids is 1. The lowest BCUT2D eigenvalue weighted by atomic mass is 10.1. The van der Waals surface area contributed by atoms with Crippen LogP contribution in [0.4, 0.5) is 0 Å². The minimum absolute atomic E-state index is 0.205.